The standard InChI is InChI=1S/C15H16FN5O5S/c1-27(25,26)14-19-8-11(12(21-14)17-6-7-18-15(23)24)13(22)20-10-4-2-9(16)3-5-10/h2-5,8,18H,6-7H2,1H3,(H,20,22)(H,23,24)(H,17,19,21). The van der Waals surface area contributed by atoms with E-state index in [-0.39, 0.29) is 24.5 Å². The number of sulfone groups is 1. The van der Waals surface area contributed by atoms with Gasteiger partial charge in [0.2, 0.25) is 15.0 Å². The molecule has 1 aromatic heterocycles. The van der Waals surface area contributed by atoms with Crippen LogP contribution in [0.1, 0.15) is 10.4 Å². The second kappa shape index (κ2) is 8.40. The summed E-state index contributed by atoms with van der Waals surface area (Å²) in [5.41, 5.74) is 0.245. The molecule has 0 saturated carbocycles. The molecule has 4 N–H and O–H groups in total. The van der Waals surface area contributed by atoms with Crippen LogP contribution in [0.25, 0.3) is 0 Å². The van der Waals surface area contributed by atoms with Crippen molar-refractivity contribution in [1.29, 1.82) is 0 Å². The summed E-state index contributed by atoms with van der Waals surface area (Å²) >= 11 is 0. The third kappa shape index (κ3) is 5.88. The summed E-state index contributed by atoms with van der Waals surface area (Å²) in [6, 6.07) is 5.02. The first kappa shape index (κ1) is 20.0. The first-order chi connectivity index (χ1) is 12.7. The smallest absolute Gasteiger partial charge is 0.404 e. The number of carbonyl (C=O) groups is 2. The molecule has 0 aliphatic carbocycles. The number of aromatic nitrogens is 2. The van der Waals surface area contributed by atoms with Crippen LogP contribution in [0.2, 0.25) is 0 Å². The third-order valence-electron chi connectivity index (χ3n) is 3.14. The van der Waals surface area contributed by atoms with Crippen molar-refractivity contribution in [1.82, 2.24) is 15.3 Å². The maximum Gasteiger partial charge on any atom is 0.404 e. The average molecular weight is 397 g/mol. The molecule has 144 valence electrons. The summed E-state index contributed by atoms with van der Waals surface area (Å²) in [6.45, 7) is 0.0376. The molecule has 27 heavy (non-hydrogen) atoms. The van der Waals surface area contributed by atoms with E-state index in [2.05, 4.69) is 25.9 Å². The van der Waals surface area contributed by atoms with Crippen molar-refractivity contribution in [2.24, 2.45) is 0 Å². The molecule has 0 saturated heterocycles. The Balaban J connectivity index is 2.25. The fraction of sp³-hybridized carbons (Fsp3) is 0.200. The predicted octanol–water partition coefficient (Wildman–Crippen LogP) is 0.951. The molecule has 0 fully saturated rings. The number of carboxylic acid groups (broad SMARTS) is 1. The lowest BCUT2D eigenvalue weighted by atomic mass is 10.2. The van der Waals surface area contributed by atoms with Crippen LogP contribution in [0, 0.1) is 5.82 Å². The number of carbonyl (C=O) groups excluding carboxylic acids is 1. The van der Waals surface area contributed by atoms with Crippen molar-refractivity contribution in [3.05, 3.63) is 41.8 Å². The maximum absolute atomic E-state index is 12.9. The predicted molar refractivity (Wildman–Crippen MR) is 94.0 cm³/mol. The zero-order valence-corrected chi connectivity index (χ0v) is 14.9. The molecular weight excluding hydrogens is 381 g/mol. The Morgan fingerprint density at radius 1 is 1.19 bits per heavy atom. The van der Waals surface area contributed by atoms with E-state index in [0.29, 0.717) is 5.69 Å². The highest BCUT2D eigenvalue weighted by Gasteiger charge is 2.19. The molecule has 2 amide bonds. The van der Waals surface area contributed by atoms with Gasteiger partial charge in [0.25, 0.3) is 5.91 Å². The van der Waals surface area contributed by atoms with Crippen LogP contribution >= 0.6 is 0 Å². The van der Waals surface area contributed by atoms with Crippen molar-refractivity contribution in [2.75, 3.05) is 30.0 Å². The van der Waals surface area contributed by atoms with E-state index in [9.17, 15) is 22.4 Å². The van der Waals surface area contributed by atoms with Gasteiger partial charge < -0.3 is 21.1 Å². The van der Waals surface area contributed by atoms with Gasteiger partial charge in [-0.1, -0.05) is 0 Å². The number of halogens is 1. The largest absolute Gasteiger partial charge is 0.465 e. The lowest BCUT2D eigenvalue weighted by molar-refractivity contribution is 0.102. The highest BCUT2D eigenvalue weighted by Crippen LogP contribution is 2.17. The maximum atomic E-state index is 12.9. The summed E-state index contributed by atoms with van der Waals surface area (Å²) < 4.78 is 36.2. The van der Waals surface area contributed by atoms with Crippen molar-refractivity contribution in [3.8, 4) is 0 Å². The Kier molecular flexibility index (Phi) is 6.23. The van der Waals surface area contributed by atoms with Crippen molar-refractivity contribution < 1.29 is 27.5 Å². The molecule has 0 aliphatic heterocycles. The van der Waals surface area contributed by atoms with Gasteiger partial charge in [-0.05, 0) is 24.3 Å². The van der Waals surface area contributed by atoms with Gasteiger partial charge in [0.15, 0.2) is 0 Å². The van der Waals surface area contributed by atoms with Gasteiger partial charge in [-0.25, -0.2) is 27.6 Å². The van der Waals surface area contributed by atoms with E-state index in [1.807, 2.05) is 0 Å². The Bertz CT molecular complexity index is 950. The zero-order valence-electron chi connectivity index (χ0n) is 14.1. The summed E-state index contributed by atoms with van der Waals surface area (Å²) in [5.74, 6) is -1.21. The number of hydrogen-bond acceptors (Lipinski definition) is 7. The minimum absolute atomic E-state index is 0.00738. The fourth-order valence-electron chi connectivity index (χ4n) is 1.93. The van der Waals surface area contributed by atoms with E-state index in [1.54, 1.807) is 0 Å². The summed E-state index contributed by atoms with van der Waals surface area (Å²) in [4.78, 5) is 30.4. The Morgan fingerprint density at radius 3 is 2.44 bits per heavy atom. The molecule has 0 aliphatic rings. The van der Waals surface area contributed by atoms with Gasteiger partial charge in [-0.3, -0.25) is 4.79 Å². The van der Waals surface area contributed by atoms with E-state index < -0.39 is 32.8 Å². The molecule has 10 nitrogen and oxygen atoms in total. The highest BCUT2D eigenvalue weighted by atomic mass is 32.2. The van der Waals surface area contributed by atoms with Gasteiger partial charge in [0.05, 0.1) is 0 Å². The van der Waals surface area contributed by atoms with Crippen molar-refractivity contribution >= 4 is 33.3 Å². The van der Waals surface area contributed by atoms with E-state index in [1.165, 1.54) is 12.1 Å². The summed E-state index contributed by atoms with van der Waals surface area (Å²) in [6.07, 6.45) is 0.719. The highest BCUT2D eigenvalue weighted by molar-refractivity contribution is 7.90. The zero-order chi connectivity index (χ0) is 20.0. The van der Waals surface area contributed by atoms with E-state index in [4.69, 9.17) is 5.11 Å². The Labute approximate surface area is 153 Å². The van der Waals surface area contributed by atoms with E-state index in [0.717, 1.165) is 24.6 Å². The Morgan fingerprint density at radius 2 is 1.85 bits per heavy atom. The van der Waals surface area contributed by atoms with Crippen LogP contribution in [-0.2, 0) is 9.84 Å². The number of anilines is 2. The van der Waals surface area contributed by atoms with Crippen LogP contribution in [0.4, 0.5) is 20.7 Å². The normalized spacial score (nSPS) is 10.9. The molecule has 0 bridgehead atoms. The van der Waals surface area contributed by atoms with Crippen molar-refractivity contribution in [3.63, 3.8) is 0 Å². The molecule has 2 rings (SSSR count). The first-order valence-electron chi connectivity index (χ1n) is 7.51. The van der Waals surface area contributed by atoms with Gasteiger partial charge in [-0.15, -0.1) is 0 Å². The topological polar surface area (TPSA) is 150 Å². The van der Waals surface area contributed by atoms with Gasteiger partial charge in [0, 0.05) is 31.2 Å². The average Bonchev–Trinajstić information content (AvgIpc) is 2.59. The molecule has 0 spiro atoms. The lowest BCUT2D eigenvalue weighted by Crippen LogP contribution is -2.28. The molecule has 0 radical (unpaired) electrons. The number of hydrogen-bond donors (Lipinski definition) is 4. The van der Waals surface area contributed by atoms with Crippen LogP contribution < -0.4 is 16.0 Å². The molecule has 0 unspecified atom stereocenters. The summed E-state index contributed by atoms with van der Waals surface area (Å²) in [5, 5.41) is 15.4. The second-order valence-electron chi connectivity index (χ2n) is 5.31. The molecule has 1 aromatic carbocycles. The van der Waals surface area contributed by atoms with Crippen molar-refractivity contribution in [2.45, 2.75) is 5.16 Å². The third-order valence-corrected chi connectivity index (χ3v) is 4.00. The monoisotopic (exact) mass is 397 g/mol. The minimum Gasteiger partial charge on any atom is -0.465 e. The van der Waals surface area contributed by atoms with Crippen LogP contribution in [0.5, 0.6) is 0 Å². The quantitative estimate of drug-likeness (QED) is 0.398. The first-order valence-corrected chi connectivity index (χ1v) is 9.40. The number of rotatable bonds is 7. The van der Waals surface area contributed by atoms with E-state index >= 15 is 0 Å². The molecule has 0 atom stereocenters. The molecule has 1 heterocycles. The van der Waals surface area contributed by atoms with Gasteiger partial charge in [0.1, 0.15) is 17.2 Å². The van der Waals surface area contributed by atoms with Gasteiger partial charge >= 0.3 is 6.09 Å². The number of nitrogens with one attached hydrogen (secondary N) is 3. The lowest BCUT2D eigenvalue weighted by Gasteiger charge is -2.12. The van der Waals surface area contributed by atoms with Crippen LogP contribution in [0.15, 0.2) is 35.6 Å². The molecule has 12 heteroatoms. The summed E-state index contributed by atoms with van der Waals surface area (Å²) in [7, 11) is -3.72. The molecular formula is C15H16FN5O5S. The van der Waals surface area contributed by atoms with Crippen LogP contribution in [-0.4, -0.2) is 54.8 Å². The number of nitrogens with zero attached hydrogens (tertiary/aromatic N) is 2. The van der Waals surface area contributed by atoms with Crippen LogP contribution in [0.3, 0.4) is 0 Å². The molecule has 2 aromatic rings. The SMILES string of the molecule is CS(=O)(=O)c1ncc(C(=O)Nc2ccc(F)cc2)c(NCCNC(=O)O)n1. The Hall–Kier alpha value is -3.28. The van der Waals surface area contributed by atoms with Gasteiger partial charge in [-0.2, -0.15) is 0 Å². The fourth-order valence-corrected chi connectivity index (χ4v) is 2.43. The minimum atomic E-state index is -3.72. The number of benzene rings is 1. The second-order valence-corrected chi connectivity index (χ2v) is 7.22. The number of amides is 2.